The minimum absolute atomic E-state index is 0.0858. The third-order valence-corrected chi connectivity index (χ3v) is 3.99. The number of hydrogen-bond acceptors (Lipinski definition) is 5. The van der Waals surface area contributed by atoms with Gasteiger partial charge in [-0.2, -0.15) is 5.26 Å². The van der Waals surface area contributed by atoms with Gasteiger partial charge in [0.15, 0.2) is 11.7 Å². The number of aromatic nitrogens is 3. The Morgan fingerprint density at radius 1 is 1.23 bits per heavy atom. The van der Waals surface area contributed by atoms with Crippen LogP contribution < -0.4 is 5.32 Å². The molecular weight excluding hydrogens is 330 g/mol. The number of ketones is 1. The average Bonchev–Trinajstić information content (AvgIpc) is 3.01. The van der Waals surface area contributed by atoms with Gasteiger partial charge in [0.25, 0.3) is 5.91 Å². The Morgan fingerprint density at radius 2 is 2.00 bits per heavy atom. The number of carbonyl (C=O) groups is 2. The quantitative estimate of drug-likeness (QED) is 0.690. The van der Waals surface area contributed by atoms with Crippen molar-refractivity contribution in [3.8, 4) is 6.07 Å². The first-order chi connectivity index (χ1) is 12.6. The number of nitrogens with one attached hydrogen (secondary N) is 1. The highest BCUT2D eigenvalue weighted by Gasteiger charge is 2.28. The molecule has 130 valence electrons. The van der Waals surface area contributed by atoms with Gasteiger partial charge >= 0.3 is 0 Å². The molecular formula is C19H17N5O2. The molecule has 0 aliphatic carbocycles. The minimum Gasteiger partial charge on any atom is -0.320 e. The second kappa shape index (κ2) is 7.57. The molecule has 0 unspecified atom stereocenters. The van der Waals surface area contributed by atoms with Crippen molar-refractivity contribution in [2.75, 3.05) is 5.32 Å². The van der Waals surface area contributed by atoms with Crippen LogP contribution >= 0.6 is 0 Å². The van der Waals surface area contributed by atoms with E-state index in [4.69, 9.17) is 0 Å². The summed E-state index contributed by atoms with van der Waals surface area (Å²) in [5.41, 5.74) is 1.59. The maximum atomic E-state index is 12.6. The van der Waals surface area contributed by atoms with E-state index in [0.717, 1.165) is 16.9 Å². The molecule has 26 heavy (non-hydrogen) atoms. The summed E-state index contributed by atoms with van der Waals surface area (Å²) < 4.78 is 1.76. The van der Waals surface area contributed by atoms with E-state index in [2.05, 4.69) is 15.3 Å². The molecule has 2 heterocycles. The van der Waals surface area contributed by atoms with Crippen molar-refractivity contribution < 1.29 is 9.59 Å². The molecule has 0 bridgehead atoms. The average molecular weight is 347 g/mol. The van der Waals surface area contributed by atoms with Gasteiger partial charge in [-0.25, -0.2) is 9.97 Å². The van der Waals surface area contributed by atoms with Crippen LogP contribution in [0.2, 0.25) is 0 Å². The molecule has 0 aliphatic rings. The molecule has 3 aromatic rings. The van der Waals surface area contributed by atoms with Crippen LogP contribution in [0.15, 0.2) is 48.7 Å². The summed E-state index contributed by atoms with van der Waals surface area (Å²) >= 11 is 0. The van der Waals surface area contributed by atoms with E-state index in [1.807, 2.05) is 31.2 Å². The van der Waals surface area contributed by atoms with Gasteiger partial charge < -0.3 is 9.88 Å². The van der Waals surface area contributed by atoms with Crippen LogP contribution in [-0.2, 0) is 22.6 Å². The summed E-state index contributed by atoms with van der Waals surface area (Å²) in [5.74, 6) is -1.55. The molecule has 3 rings (SSSR count). The smallest absolute Gasteiger partial charge is 0.250 e. The predicted octanol–water partition coefficient (Wildman–Crippen LogP) is 2.34. The van der Waals surface area contributed by atoms with Crippen LogP contribution in [0.4, 0.5) is 5.82 Å². The number of fused-ring (bicyclic) bond motifs is 1. The largest absolute Gasteiger partial charge is 0.320 e. The van der Waals surface area contributed by atoms with E-state index in [0.29, 0.717) is 12.2 Å². The fourth-order valence-electron chi connectivity index (χ4n) is 2.73. The van der Waals surface area contributed by atoms with Crippen LogP contribution in [0.1, 0.15) is 12.7 Å². The Bertz CT molecular complexity index is 988. The highest BCUT2D eigenvalue weighted by Crippen LogP contribution is 2.17. The molecule has 0 spiro atoms. The zero-order chi connectivity index (χ0) is 18.5. The van der Waals surface area contributed by atoms with Crippen molar-refractivity contribution in [2.24, 2.45) is 5.92 Å². The van der Waals surface area contributed by atoms with Crippen molar-refractivity contribution in [3.63, 3.8) is 0 Å². The van der Waals surface area contributed by atoms with E-state index in [1.165, 1.54) is 6.20 Å². The molecule has 0 saturated carbocycles. The summed E-state index contributed by atoms with van der Waals surface area (Å²) in [5, 5.41) is 11.8. The topological polar surface area (TPSA) is 101 Å². The Morgan fingerprint density at radius 3 is 2.69 bits per heavy atom. The normalized spacial score (nSPS) is 11.7. The van der Waals surface area contributed by atoms with E-state index in [1.54, 1.807) is 28.8 Å². The molecule has 1 atom stereocenters. The first-order valence-electron chi connectivity index (χ1n) is 8.22. The lowest BCUT2D eigenvalue weighted by atomic mass is 10.0. The molecule has 2 aromatic heterocycles. The number of nitrogens with zero attached hydrogens (tertiary/aromatic N) is 4. The highest BCUT2D eigenvalue weighted by molar-refractivity contribution is 6.09. The van der Waals surface area contributed by atoms with Crippen molar-refractivity contribution in [1.29, 1.82) is 5.26 Å². The maximum Gasteiger partial charge on any atom is 0.250 e. The zero-order valence-electron chi connectivity index (χ0n) is 14.2. The number of imidazole rings is 1. The third kappa shape index (κ3) is 3.44. The number of hydrogen-bond donors (Lipinski definition) is 1. The van der Waals surface area contributed by atoms with E-state index < -0.39 is 17.6 Å². The van der Waals surface area contributed by atoms with Crippen LogP contribution in [0, 0.1) is 17.2 Å². The van der Waals surface area contributed by atoms with Crippen molar-refractivity contribution in [3.05, 3.63) is 54.5 Å². The van der Waals surface area contributed by atoms with Gasteiger partial charge in [0.1, 0.15) is 11.6 Å². The minimum atomic E-state index is -1.41. The number of aryl methyl sites for hydroxylation is 1. The third-order valence-electron chi connectivity index (χ3n) is 3.99. The summed E-state index contributed by atoms with van der Waals surface area (Å²) in [6, 6.07) is 14.3. The molecule has 7 heteroatoms. The number of nitriles is 1. The van der Waals surface area contributed by atoms with Crippen molar-refractivity contribution in [1.82, 2.24) is 14.5 Å². The highest BCUT2D eigenvalue weighted by atomic mass is 16.2. The molecule has 7 nitrogen and oxygen atoms in total. The molecule has 1 amide bonds. The van der Waals surface area contributed by atoms with Gasteiger partial charge in [-0.15, -0.1) is 0 Å². The van der Waals surface area contributed by atoms with Gasteiger partial charge in [-0.3, -0.25) is 9.59 Å². The van der Waals surface area contributed by atoms with Crippen LogP contribution in [0.25, 0.3) is 11.0 Å². The lowest BCUT2D eigenvalue weighted by molar-refractivity contribution is -0.129. The van der Waals surface area contributed by atoms with Gasteiger partial charge in [0, 0.05) is 12.6 Å². The van der Waals surface area contributed by atoms with Crippen LogP contribution in [0.3, 0.4) is 0 Å². The number of Topliss-reactive ketones (excluding diaryl/α,β-unsaturated/α-hetero) is 1. The fourth-order valence-corrected chi connectivity index (χ4v) is 2.73. The number of carbonyl (C=O) groups excluding carboxylic acids is 2. The Balaban J connectivity index is 1.82. The number of pyridine rings is 1. The van der Waals surface area contributed by atoms with Gasteiger partial charge in [0.2, 0.25) is 0 Å². The zero-order valence-corrected chi connectivity index (χ0v) is 14.2. The number of benzene rings is 1. The summed E-state index contributed by atoms with van der Waals surface area (Å²) in [6.45, 7) is 1.86. The summed E-state index contributed by atoms with van der Waals surface area (Å²) in [7, 11) is 0. The lowest BCUT2D eigenvalue weighted by Crippen LogP contribution is -2.31. The molecule has 0 saturated heterocycles. The molecule has 0 fully saturated rings. The van der Waals surface area contributed by atoms with Crippen molar-refractivity contribution >= 4 is 28.5 Å². The number of amides is 1. The number of rotatable bonds is 6. The fraction of sp³-hybridized carbons (Fsp3) is 0.211. The first-order valence-corrected chi connectivity index (χ1v) is 8.22. The second-order valence-corrected chi connectivity index (χ2v) is 5.69. The van der Waals surface area contributed by atoms with E-state index >= 15 is 0 Å². The molecule has 0 aliphatic heterocycles. The first kappa shape index (κ1) is 17.3. The molecule has 0 radical (unpaired) electrons. The lowest BCUT2D eigenvalue weighted by Gasteiger charge is -2.11. The van der Waals surface area contributed by atoms with Crippen LogP contribution in [-0.4, -0.2) is 26.2 Å². The Kier molecular flexibility index (Phi) is 5.04. The van der Waals surface area contributed by atoms with Gasteiger partial charge in [-0.05, 0) is 24.3 Å². The monoisotopic (exact) mass is 347 g/mol. The molecule has 1 N–H and O–H groups in total. The summed E-state index contributed by atoms with van der Waals surface area (Å²) in [6.07, 6.45) is 2.16. The molecule has 1 aromatic carbocycles. The Hall–Kier alpha value is -3.53. The van der Waals surface area contributed by atoms with Crippen molar-refractivity contribution in [2.45, 2.75) is 19.9 Å². The number of anilines is 1. The predicted molar refractivity (Wildman–Crippen MR) is 96.1 cm³/mol. The van der Waals surface area contributed by atoms with E-state index in [9.17, 15) is 14.9 Å². The SMILES string of the molecule is CCc1nc2ccccc2n1CC(=O)[C@H](C#N)C(=O)Nc1ccccn1. The van der Waals surface area contributed by atoms with Gasteiger partial charge in [-0.1, -0.05) is 25.1 Å². The van der Waals surface area contributed by atoms with E-state index in [-0.39, 0.29) is 6.54 Å². The maximum absolute atomic E-state index is 12.6. The Labute approximate surface area is 150 Å². The second-order valence-electron chi connectivity index (χ2n) is 5.69. The van der Waals surface area contributed by atoms with Crippen LogP contribution in [0.5, 0.6) is 0 Å². The standard InChI is InChI=1S/C19H17N5O2/c1-2-18-22-14-7-3-4-8-15(14)24(18)12-16(25)13(11-20)19(26)23-17-9-5-6-10-21-17/h3-10,13H,2,12H2,1H3,(H,21,23,26)/t13-/m0/s1. The number of para-hydroxylation sites is 2. The summed E-state index contributed by atoms with van der Waals surface area (Å²) in [4.78, 5) is 33.4. The van der Waals surface area contributed by atoms with Gasteiger partial charge in [0.05, 0.1) is 23.6 Å².